The Morgan fingerprint density at radius 1 is 0.737 bits per heavy atom. The van der Waals surface area contributed by atoms with Crippen LogP contribution in [0.25, 0.3) is 0 Å². The van der Waals surface area contributed by atoms with E-state index in [0.29, 0.717) is 12.2 Å². The third-order valence-electron chi connectivity index (χ3n) is 7.25. The van der Waals surface area contributed by atoms with Gasteiger partial charge in [-0.3, -0.25) is 0 Å². The lowest BCUT2D eigenvalue weighted by molar-refractivity contribution is -0.115. The van der Waals surface area contributed by atoms with Gasteiger partial charge in [0, 0.05) is 0 Å². The van der Waals surface area contributed by atoms with Gasteiger partial charge < -0.3 is 18.9 Å². The summed E-state index contributed by atoms with van der Waals surface area (Å²) in [6.45, 7) is 7.90. The minimum absolute atomic E-state index is 0.00151. The number of esters is 1. The van der Waals surface area contributed by atoms with Gasteiger partial charge in [-0.2, -0.15) is 0 Å². The van der Waals surface area contributed by atoms with E-state index in [1.807, 2.05) is 31.2 Å². The molecule has 1 saturated heterocycles. The third-order valence-corrected chi connectivity index (χ3v) is 7.25. The largest absolute Gasteiger partial charge is 0.494 e. The van der Waals surface area contributed by atoms with Crippen molar-refractivity contribution in [1.82, 2.24) is 0 Å². The first-order valence-electron chi connectivity index (χ1n) is 14.9. The van der Waals surface area contributed by atoms with Crippen LogP contribution in [-0.2, 0) is 9.47 Å². The fourth-order valence-electron chi connectivity index (χ4n) is 4.83. The molecule has 1 aliphatic rings. The van der Waals surface area contributed by atoms with Crippen LogP contribution in [0, 0.1) is 0 Å². The molecule has 1 aliphatic heterocycles. The van der Waals surface area contributed by atoms with E-state index in [-0.39, 0.29) is 24.3 Å². The predicted molar refractivity (Wildman–Crippen MR) is 153 cm³/mol. The summed E-state index contributed by atoms with van der Waals surface area (Å²) in [7, 11) is 0. The van der Waals surface area contributed by atoms with E-state index in [1.165, 1.54) is 51.4 Å². The van der Waals surface area contributed by atoms with Crippen molar-refractivity contribution >= 4 is 5.97 Å². The van der Waals surface area contributed by atoms with Gasteiger partial charge in [0.2, 0.25) is 0 Å². The molecule has 0 aromatic heterocycles. The number of rotatable bonds is 17. The molecule has 5 heteroatoms. The van der Waals surface area contributed by atoms with Crippen molar-refractivity contribution in [3.05, 3.63) is 59.7 Å². The van der Waals surface area contributed by atoms with Gasteiger partial charge in [0.05, 0.1) is 31.0 Å². The zero-order valence-corrected chi connectivity index (χ0v) is 23.8. The van der Waals surface area contributed by atoms with Crippen molar-refractivity contribution in [2.24, 2.45) is 0 Å². The highest BCUT2D eigenvalue weighted by molar-refractivity contribution is 5.89. The Morgan fingerprint density at radius 2 is 1.26 bits per heavy atom. The van der Waals surface area contributed by atoms with Gasteiger partial charge in [0.25, 0.3) is 0 Å². The van der Waals surface area contributed by atoms with Crippen LogP contribution in [0.4, 0.5) is 0 Å². The van der Waals surface area contributed by atoms with Crippen LogP contribution in [0.5, 0.6) is 11.5 Å². The van der Waals surface area contributed by atoms with Crippen molar-refractivity contribution in [2.45, 2.75) is 116 Å². The molecule has 3 atom stereocenters. The number of hydrogen-bond donors (Lipinski definition) is 0. The summed E-state index contributed by atoms with van der Waals surface area (Å²) in [5.74, 6) is 1.38. The van der Waals surface area contributed by atoms with E-state index < -0.39 is 0 Å². The zero-order valence-electron chi connectivity index (χ0n) is 23.8. The Bertz CT molecular complexity index is 908. The van der Waals surface area contributed by atoms with Crippen molar-refractivity contribution < 1.29 is 23.7 Å². The van der Waals surface area contributed by atoms with Gasteiger partial charge in [0.1, 0.15) is 17.6 Å². The molecule has 2 aromatic rings. The van der Waals surface area contributed by atoms with Crippen molar-refractivity contribution in [3.63, 3.8) is 0 Å². The number of benzene rings is 2. The Kier molecular flexibility index (Phi) is 13.5. The van der Waals surface area contributed by atoms with Crippen LogP contribution >= 0.6 is 0 Å². The molecule has 0 unspecified atom stereocenters. The van der Waals surface area contributed by atoms with Crippen LogP contribution in [-0.4, -0.2) is 31.4 Å². The molecule has 0 amide bonds. The molecular weight excluding hydrogens is 476 g/mol. The molecule has 38 heavy (non-hydrogen) atoms. The summed E-state index contributed by atoms with van der Waals surface area (Å²) in [6, 6.07) is 15.5. The van der Waals surface area contributed by atoms with E-state index in [9.17, 15) is 4.79 Å². The number of carbonyl (C=O) groups excluding carboxylic acids is 1. The van der Waals surface area contributed by atoms with E-state index in [1.54, 1.807) is 12.1 Å². The first-order chi connectivity index (χ1) is 18.6. The first-order valence-corrected chi connectivity index (χ1v) is 14.9. The lowest BCUT2D eigenvalue weighted by Crippen LogP contribution is -2.37. The second-order valence-corrected chi connectivity index (χ2v) is 10.5. The standard InChI is InChI=1S/C33H48O5/c1-4-6-8-10-11-13-25-36-30-20-16-28(17-21-30)33(34)38-31-22-23-32(37-26(31)3)27-14-18-29(19-15-27)35-24-12-9-7-5-2/h14-21,26,31-32H,4-13,22-25H2,1-3H3/t26-,31+,32-/m1/s1. The van der Waals surface area contributed by atoms with Crippen molar-refractivity contribution in [3.8, 4) is 11.5 Å². The molecule has 3 rings (SSSR count). The lowest BCUT2D eigenvalue weighted by atomic mass is 9.96. The Labute approximate surface area is 230 Å². The molecule has 0 N–H and O–H groups in total. The predicted octanol–water partition coefficient (Wildman–Crippen LogP) is 8.85. The van der Waals surface area contributed by atoms with Gasteiger partial charge in [-0.1, -0.05) is 77.3 Å². The monoisotopic (exact) mass is 524 g/mol. The normalized spacial score (nSPS) is 19.2. The smallest absolute Gasteiger partial charge is 0.338 e. The number of carbonyl (C=O) groups is 1. The quantitative estimate of drug-likeness (QED) is 0.153. The molecule has 0 aliphatic carbocycles. The maximum atomic E-state index is 12.8. The summed E-state index contributed by atoms with van der Waals surface area (Å²) in [5, 5.41) is 0. The SMILES string of the molecule is CCCCCCCCOc1ccc(C(=O)O[C@H]2CC[C@H](c3ccc(OCCCCCC)cc3)O[C@@H]2C)cc1. The van der Waals surface area contributed by atoms with Crippen LogP contribution < -0.4 is 9.47 Å². The highest BCUT2D eigenvalue weighted by Crippen LogP contribution is 2.33. The Morgan fingerprint density at radius 3 is 1.84 bits per heavy atom. The van der Waals surface area contributed by atoms with Crippen LogP contribution in [0.2, 0.25) is 0 Å². The fraction of sp³-hybridized carbons (Fsp3) is 0.606. The molecule has 0 radical (unpaired) electrons. The average Bonchev–Trinajstić information content (AvgIpc) is 2.94. The molecule has 210 valence electrons. The van der Waals surface area contributed by atoms with Crippen LogP contribution in [0.15, 0.2) is 48.5 Å². The number of hydrogen-bond acceptors (Lipinski definition) is 5. The van der Waals surface area contributed by atoms with E-state index in [4.69, 9.17) is 18.9 Å². The molecular formula is C33H48O5. The maximum absolute atomic E-state index is 12.8. The average molecular weight is 525 g/mol. The number of ether oxygens (including phenoxy) is 4. The minimum Gasteiger partial charge on any atom is -0.494 e. The number of unbranched alkanes of at least 4 members (excludes halogenated alkanes) is 8. The van der Waals surface area contributed by atoms with E-state index in [2.05, 4.69) is 26.0 Å². The molecule has 1 heterocycles. The van der Waals surface area contributed by atoms with Gasteiger partial charge in [0.15, 0.2) is 0 Å². The Hall–Kier alpha value is -2.53. The molecule has 0 bridgehead atoms. The van der Waals surface area contributed by atoms with Crippen molar-refractivity contribution in [2.75, 3.05) is 13.2 Å². The second kappa shape index (κ2) is 17.1. The van der Waals surface area contributed by atoms with Crippen molar-refractivity contribution in [1.29, 1.82) is 0 Å². The fourth-order valence-corrected chi connectivity index (χ4v) is 4.83. The molecule has 1 fully saturated rings. The summed E-state index contributed by atoms with van der Waals surface area (Å²) in [5.41, 5.74) is 1.67. The third kappa shape index (κ3) is 10.3. The minimum atomic E-state index is -0.313. The van der Waals surface area contributed by atoms with E-state index >= 15 is 0 Å². The topological polar surface area (TPSA) is 54.0 Å². The highest BCUT2D eigenvalue weighted by atomic mass is 16.6. The summed E-state index contributed by atoms with van der Waals surface area (Å²) in [4.78, 5) is 12.8. The van der Waals surface area contributed by atoms with Crippen LogP contribution in [0.3, 0.4) is 0 Å². The summed E-state index contributed by atoms with van der Waals surface area (Å²) in [6.07, 6.45) is 13.4. The first kappa shape index (κ1) is 30.0. The maximum Gasteiger partial charge on any atom is 0.338 e. The summed E-state index contributed by atoms with van der Waals surface area (Å²) >= 11 is 0. The highest BCUT2D eigenvalue weighted by Gasteiger charge is 2.32. The van der Waals surface area contributed by atoms with E-state index in [0.717, 1.165) is 49.4 Å². The van der Waals surface area contributed by atoms with Gasteiger partial charge >= 0.3 is 5.97 Å². The molecule has 0 spiro atoms. The zero-order chi connectivity index (χ0) is 27.0. The second-order valence-electron chi connectivity index (χ2n) is 10.5. The molecule has 0 saturated carbocycles. The Balaban J connectivity index is 1.37. The van der Waals surface area contributed by atoms with Gasteiger partial charge in [-0.15, -0.1) is 0 Å². The van der Waals surface area contributed by atoms with Gasteiger partial charge in [-0.25, -0.2) is 4.79 Å². The summed E-state index contributed by atoms with van der Waals surface area (Å²) < 4.78 is 23.8. The molecule has 5 nitrogen and oxygen atoms in total. The van der Waals surface area contributed by atoms with Gasteiger partial charge in [-0.05, 0) is 74.6 Å². The lowest BCUT2D eigenvalue weighted by Gasteiger charge is -2.34. The van der Waals surface area contributed by atoms with Crippen LogP contribution in [0.1, 0.15) is 120 Å². The molecule has 2 aromatic carbocycles.